The molecule has 8 heteroatoms. The van der Waals surface area contributed by atoms with Gasteiger partial charge in [0.05, 0.1) is 24.1 Å². The number of furan rings is 1. The summed E-state index contributed by atoms with van der Waals surface area (Å²) in [6, 6.07) is 8.16. The third-order valence-electron chi connectivity index (χ3n) is 5.18. The van der Waals surface area contributed by atoms with Crippen LogP contribution in [0.1, 0.15) is 23.2 Å². The first-order valence-corrected chi connectivity index (χ1v) is 9.30. The van der Waals surface area contributed by atoms with E-state index < -0.39 is 6.04 Å². The minimum atomic E-state index is -0.611. The Kier molecular flexibility index (Phi) is 4.87. The van der Waals surface area contributed by atoms with Gasteiger partial charge >= 0.3 is 0 Å². The van der Waals surface area contributed by atoms with Gasteiger partial charge in [-0.2, -0.15) is 0 Å². The summed E-state index contributed by atoms with van der Waals surface area (Å²) in [6.45, 7) is 0.628. The van der Waals surface area contributed by atoms with Gasteiger partial charge in [-0.15, -0.1) is 0 Å². The van der Waals surface area contributed by atoms with Crippen molar-refractivity contribution in [3.05, 3.63) is 42.2 Å². The van der Waals surface area contributed by atoms with Crippen LogP contribution in [0.4, 0.5) is 5.69 Å². The van der Waals surface area contributed by atoms with Gasteiger partial charge in [-0.25, -0.2) is 0 Å². The van der Waals surface area contributed by atoms with Crippen LogP contribution in [0, 0.1) is 0 Å². The minimum absolute atomic E-state index is 0.118. The summed E-state index contributed by atoms with van der Waals surface area (Å²) in [5, 5.41) is 8.60. The maximum Gasteiger partial charge on any atom is 0.256 e. The van der Waals surface area contributed by atoms with E-state index in [4.69, 9.17) is 4.42 Å². The highest BCUT2D eigenvalue weighted by Crippen LogP contribution is 2.31. The Morgan fingerprint density at radius 1 is 1.32 bits per heavy atom. The average molecular weight is 382 g/mol. The third-order valence-corrected chi connectivity index (χ3v) is 5.18. The maximum absolute atomic E-state index is 13.2. The normalized spacial score (nSPS) is 21.4. The molecule has 1 fully saturated rings. The van der Waals surface area contributed by atoms with Gasteiger partial charge in [-0.3, -0.25) is 14.4 Å². The van der Waals surface area contributed by atoms with E-state index in [9.17, 15) is 14.4 Å². The molecule has 0 saturated carbocycles. The third kappa shape index (κ3) is 3.38. The number of rotatable bonds is 4. The molecule has 0 bridgehead atoms. The fraction of sp³-hybridized carbons (Fsp3) is 0.350. The number of fused-ring (bicyclic) bond motifs is 2. The average Bonchev–Trinajstić information content (AvgIpc) is 3.19. The van der Waals surface area contributed by atoms with Crippen LogP contribution in [0.15, 0.2) is 41.0 Å². The van der Waals surface area contributed by atoms with E-state index in [1.165, 1.54) is 0 Å². The van der Waals surface area contributed by atoms with E-state index in [-0.39, 0.29) is 30.3 Å². The van der Waals surface area contributed by atoms with Crippen molar-refractivity contribution in [2.75, 3.05) is 25.5 Å². The van der Waals surface area contributed by atoms with Gasteiger partial charge in [0, 0.05) is 18.2 Å². The molecule has 2 aliphatic rings. The van der Waals surface area contributed by atoms with Crippen LogP contribution in [-0.2, 0) is 9.59 Å². The van der Waals surface area contributed by atoms with Gasteiger partial charge in [-0.1, -0.05) is 0 Å². The molecule has 3 amide bonds. The van der Waals surface area contributed by atoms with Crippen molar-refractivity contribution in [1.82, 2.24) is 15.5 Å². The molecule has 0 radical (unpaired) electrons. The number of benzene rings is 1. The summed E-state index contributed by atoms with van der Waals surface area (Å²) in [5.41, 5.74) is 1.72. The van der Waals surface area contributed by atoms with E-state index in [1.807, 2.05) is 12.1 Å². The molecule has 3 N–H and O–H groups in total. The van der Waals surface area contributed by atoms with Crippen LogP contribution in [0.25, 0.3) is 11.3 Å². The van der Waals surface area contributed by atoms with E-state index in [1.54, 1.807) is 36.4 Å². The summed E-state index contributed by atoms with van der Waals surface area (Å²) in [4.78, 5) is 39.4. The van der Waals surface area contributed by atoms with Crippen molar-refractivity contribution in [3.8, 4) is 11.3 Å². The molecule has 1 aromatic carbocycles. The first-order chi connectivity index (χ1) is 13.6. The molecule has 0 spiro atoms. The van der Waals surface area contributed by atoms with Crippen molar-refractivity contribution in [1.29, 1.82) is 0 Å². The molecule has 0 unspecified atom stereocenters. The molecular weight excluding hydrogens is 360 g/mol. The second kappa shape index (κ2) is 7.47. The zero-order chi connectivity index (χ0) is 19.7. The number of carbonyl (C=O) groups is 3. The van der Waals surface area contributed by atoms with Gasteiger partial charge in [0.25, 0.3) is 5.91 Å². The topological polar surface area (TPSA) is 104 Å². The van der Waals surface area contributed by atoms with Crippen molar-refractivity contribution < 1.29 is 18.8 Å². The highest BCUT2D eigenvalue weighted by molar-refractivity contribution is 6.10. The molecule has 28 heavy (non-hydrogen) atoms. The second-order valence-electron chi connectivity index (χ2n) is 7.06. The Bertz CT molecular complexity index is 909. The lowest BCUT2D eigenvalue weighted by molar-refractivity contribution is -0.124. The molecule has 8 nitrogen and oxygen atoms in total. The summed E-state index contributed by atoms with van der Waals surface area (Å²) in [7, 11) is 1.70. The minimum Gasteiger partial charge on any atom is -0.464 e. The number of amides is 3. The number of nitrogens with zero attached hydrogens (tertiary/aromatic N) is 1. The lowest BCUT2D eigenvalue weighted by Crippen LogP contribution is -2.55. The van der Waals surface area contributed by atoms with Gasteiger partial charge in [0.2, 0.25) is 11.8 Å². The number of hydrogen-bond acceptors (Lipinski definition) is 5. The highest BCUT2D eigenvalue weighted by atomic mass is 16.3. The Morgan fingerprint density at radius 3 is 2.93 bits per heavy atom. The van der Waals surface area contributed by atoms with Crippen LogP contribution in [0.3, 0.4) is 0 Å². The lowest BCUT2D eigenvalue weighted by Gasteiger charge is -2.37. The monoisotopic (exact) mass is 382 g/mol. The summed E-state index contributed by atoms with van der Waals surface area (Å²) in [6.07, 6.45) is 2.58. The number of anilines is 1. The Labute approximate surface area is 162 Å². The smallest absolute Gasteiger partial charge is 0.256 e. The predicted octanol–water partition coefficient (Wildman–Crippen LogP) is 1.21. The summed E-state index contributed by atoms with van der Waals surface area (Å²) >= 11 is 0. The molecule has 2 atom stereocenters. The zero-order valence-electron chi connectivity index (χ0n) is 15.5. The molecule has 2 aromatic rings. The lowest BCUT2D eigenvalue weighted by atomic mass is 9.96. The Hall–Kier alpha value is -3.13. The molecule has 4 rings (SSSR count). The fourth-order valence-electron chi connectivity index (χ4n) is 3.82. The Morgan fingerprint density at radius 2 is 2.18 bits per heavy atom. The first-order valence-electron chi connectivity index (χ1n) is 9.30. The van der Waals surface area contributed by atoms with Crippen molar-refractivity contribution in [3.63, 3.8) is 0 Å². The molecule has 3 heterocycles. The number of hydrogen-bond donors (Lipinski definition) is 3. The standard InChI is InChI=1S/C20H22N4O4/c1-21-11-18(25)22-13-6-7-24-16(10-13)19(26)23-15-5-4-12(9-14(15)20(24)27)17-3-2-8-28-17/h2-5,8-9,13,16,21H,6-7,10-11H2,1H3,(H,22,25)(H,23,26)/t13-,16-/m0/s1. The first kappa shape index (κ1) is 18.2. The molecule has 0 aliphatic carbocycles. The van der Waals surface area contributed by atoms with Crippen molar-refractivity contribution in [2.45, 2.75) is 24.9 Å². The molecule has 1 aromatic heterocycles. The van der Waals surface area contributed by atoms with Gasteiger partial charge in [0.1, 0.15) is 11.8 Å². The molecule has 1 saturated heterocycles. The van der Waals surface area contributed by atoms with Gasteiger partial charge in [0.15, 0.2) is 0 Å². The van der Waals surface area contributed by atoms with E-state index in [0.717, 1.165) is 5.56 Å². The fourth-order valence-corrected chi connectivity index (χ4v) is 3.82. The molecule has 2 aliphatic heterocycles. The Balaban J connectivity index is 1.58. The summed E-state index contributed by atoms with van der Waals surface area (Å²) in [5.74, 6) is 0.124. The largest absolute Gasteiger partial charge is 0.464 e. The van der Waals surface area contributed by atoms with Gasteiger partial charge < -0.3 is 25.3 Å². The number of piperidine rings is 1. The van der Waals surface area contributed by atoms with Crippen LogP contribution >= 0.6 is 0 Å². The zero-order valence-corrected chi connectivity index (χ0v) is 15.5. The van der Waals surface area contributed by atoms with Crippen molar-refractivity contribution in [2.24, 2.45) is 0 Å². The highest BCUT2D eigenvalue weighted by Gasteiger charge is 2.40. The van der Waals surface area contributed by atoms with E-state index in [0.29, 0.717) is 36.4 Å². The SMILES string of the molecule is CNCC(=O)N[C@H]1CCN2C(=O)c3cc(-c4ccco4)ccc3NC(=O)[C@@H]2C1. The second-order valence-corrected chi connectivity index (χ2v) is 7.06. The van der Waals surface area contributed by atoms with Gasteiger partial charge in [-0.05, 0) is 50.2 Å². The number of nitrogens with one attached hydrogen (secondary N) is 3. The van der Waals surface area contributed by atoms with Crippen LogP contribution < -0.4 is 16.0 Å². The molecule has 146 valence electrons. The van der Waals surface area contributed by atoms with E-state index in [2.05, 4.69) is 16.0 Å². The maximum atomic E-state index is 13.2. The summed E-state index contributed by atoms with van der Waals surface area (Å²) < 4.78 is 5.42. The number of carbonyl (C=O) groups excluding carboxylic acids is 3. The van der Waals surface area contributed by atoms with Crippen LogP contribution in [0.5, 0.6) is 0 Å². The van der Waals surface area contributed by atoms with Crippen molar-refractivity contribution >= 4 is 23.4 Å². The predicted molar refractivity (Wildman–Crippen MR) is 103 cm³/mol. The van der Waals surface area contributed by atoms with E-state index >= 15 is 0 Å². The van der Waals surface area contributed by atoms with Crippen LogP contribution in [0.2, 0.25) is 0 Å². The number of likely N-dealkylation sites (N-methyl/N-ethyl adjacent to an activating group) is 1. The molecular formula is C20H22N4O4. The quantitative estimate of drug-likeness (QED) is 0.737. The van der Waals surface area contributed by atoms with Crippen LogP contribution in [-0.4, -0.2) is 54.8 Å².